The van der Waals surface area contributed by atoms with Crippen molar-refractivity contribution in [3.05, 3.63) is 47.5 Å². The molecule has 0 aliphatic carbocycles. The third-order valence-electron chi connectivity index (χ3n) is 3.59. The third kappa shape index (κ3) is 4.50. The maximum atomic E-state index is 13.0. The number of hydrogen-bond acceptors (Lipinski definition) is 6. The van der Waals surface area contributed by atoms with Crippen LogP contribution in [0.2, 0.25) is 0 Å². The average Bonchev–Trinajstić information content (AvgIpc) is 2.57. The first-order valence-corrected chi connectivity index (χ1v) is 9.32. The van der Waals surface area contributed by atoms with E-state index >= 15 is 0 Å². The van der Waals surface area contributed by atoms with Gasteiger partial charge >= 0.3 is 0 Å². The molecule has 2 N–H and O–H groups in total. The SMILES string of the molecule is Cc1cc(OCCO)ccc1S(=O)(=O)c1ccc(OCCO)cc1C. The zero-order valence-electron chi connectivity index (χ0n) is 14.2. The lowest BCUT2D eigenvalue weighted by Gasteiger charge is -2.13. The van der Waals surface area contributed by atoms with Crippen LogP contribution in [0.4, 0.5) is 0 Å². The summed E-state index contributed by atoms with van der Waals surface area (Å²) in [5.74, 6) is 1.02. The van der Waals surface area contributed by atoms with Crippen LogP contribution in [0.5, 0.6) is 11.5 Å². The zero-order chi connectivity index (χ0) is 18.4. The first-order chi connectivity index (χ1) is 11.9. The fourth-order valence-electron chi connectivity index (χ4n) is 2.47. The molecule has 0 unspecified atom stereocenters. The number of hydrogen-bond donors (Lipinski definition) is 2. The summed E-state index contributed by atoms with van der Waals surface area (Å²) < 4.78 is 36.5. The predicted molar refractivity (Wildman–Crippen MR) is 93.0 cm³/mol. The van der Waals surface area contributed by atoms with Crippen molar-refractivity contribution < 1.29 is 28.1 Å². The molecule has 2 aromatic rings. The van der Waals surface area contributed by atoms with E-state index in [2.05, 4.69) is 0 Å². The summed E-state index contributed by atoms with van der Waals surface area (Å²) in [6.45, 7) is 3.49. The number of benzene rings is 2. The van der Waals surface area contributed by atoms with Crippen LogP contribution >= 0.6 is 0 Å². The molecule has 0 radical (unpaired) electrons. The Bertz CT molecular complexity index is 766. The van der Waals surface area contributed by atoms with Crippen molar-refractivity contribution in [2.75, 3.05) is 26.4 Å². The molecule has 0 heterocycles. The molecule has 0 atom stereocenters. The molecule has 0 saturated carbocycles. The predicted octanol–water partition coefficient (Wildman–Crippen LogP) is 1.88. The summed E-state index contributed by atoms with van der Waals surface area (Å²) in [5, 5.41) is 17.6. The van der Waals surface area contributed by atoms with Crippen LogP contribution in [0.15, 0.2) is 46.2 Å². The topological polar surface area (TPSA) is 93.1 Å². The molecule has 7 heteroatoms. The minimum absolute atomic E-state index is 0.108. The Kier molecular flexibility index (Phi) is 6.41. The molecule has 0 bridgehead atoms. The monoisotopic (exact) mass is 366 g/mol. The number of aryl methyl sites for hydroxylation is 2. The van der Waals surface area contributed by atoms with Crippen LogP contribution < -0.4 is 9.47 Å². The molecule has 0 aromatic heterocycles. The van der Waals surface area contributed by atoms with E-state index in [1.807, 2.05) is 0 Å². The minimum atomic E-state index is -3.68. The molecule has 2 aromatic carbocycles. The molecular formula is C18H22O6S. The Morgan fingerprint density at radius 3 is 1.52 bits per heavy atom. The highest BCUT2D eigenvalue weighted by Crippen LogP contribution is 2.30. The second-order valence-electron chi connectivity index (χ2n) is 5.50. The molecule has 136 valence electrons. The number of aliphatic hydroxyl groups excluding tert-OH is 2. The van der Waals surface area contributed by atoms with Gasteiger partial charge in [-0.2, -0.15) is 0 Å². The zero-order valence-corrected chi connectivity index (χ0v) is 15.0. The molecular weight excluding hydrogens is 344 g/mol. The summed E-state index contributed by atoms with van der Waals surface area (Å²) in [6.07, 6.45) is 0. The molecule has 6 nitrogen and oxygen atoms in total. The lowest BCUT2D eigenvalue weighted by molar-refractivity contribution is 0.201. The maximum absolute atomic E-state index is 13.0. The van der Waals surface area contributed by atoms with Crippen LogP contribution in [0.3, 0.4) is 0 Å². The Labute approximate surface area is 147 Å². The second-order valence-corrected chi connectivity index (χ2v) is 7.39. The summed E-state index contributed by atoms with van der Waals surface area (Å²) in [5.41, 5.74) is 1.13. The van der Waals surface area contributed by atoms with Gasteiger partial charge in [-0.25, -0.2) is 8.42 Å². The van der Waals surface area contributed by atoms with E-state index < -0.39 is 9.84 Å². The normalized spacial score (nSPS) is 11.4. The van der Waals surface area contributed by atoms with Gasteiger partial charge in [-0.05, 0) is 61.4 Å². The molecule has 2 rings (SSSR count). The Hall–Kier alpha value is -2.09. The van der Waals surface area contributed by atoms with Crippen LogP contribution in [-0.2, 0) is 9.84 Å². The van der Waals surface area contributed by atoms with Crippen molar-refractivity contribution in [2.24, 2.45) is 0 Å². The maximum Gasteiger partial charge on any atom is 0.207 e. The highest BCUT2D eigenvalue weighted by Gasteiger charge is 2.22. The Morgan fingerprint density at radius 2 is 1.20 bits per heavy atom. The molecule has 0 saturated heterocycles. The van der Waals surface area contributed by atoms with Crippen molar-refractivity contribution >= 4 is 9.84 Å². The first kappa shape index (κ1) is 19.2. The van der Waals surface area contributed by atoms with Crippen molar-refractivity contribution in [1.29, 1.82) is 0 Å². The molecule has 0 aliphatic heterocycles. The average molecular weight is 366 g/mol. The lowest BCUT2D eigenvalue weighted by atomic mass is 10.2. The van der Waals surface area contributed by atoms with Crippen molar-refractivity contribution in [3.8, 4) is 11.5 Å². The van der Waals surface area contributed by atoms with Crippen LogP contribution in [0, 0.1) is 13.8 Å². The largest absolute Gasteiger partial charge is 0.491 e. The number of rotatable bonds is 8. The van der Waals surface area contributed by atoms with Gasteiger partial charge in [0.1, 0.15) is 24.7 Å². The van der Waals surface area contributed by atoms with Gasteiger partial charge in [0.15, 0.2) is 0 Å². The molecule has 0 amide bonds. The van der Waals surface area contributed by atoms with E-state index in [1.54, 1.807) is 38.1 Å². The van der Waals surface area contributed by atoms with E-state index in [9.17, 15) is 8.42 Å². The van der Waals surface area contributed by atoms with Gasteiger partial charge < -0.3 is 19.7 Å². The van der Waals surface area contributed by atoms with Gasteiger partial charge in [0.2, 0.25) is 9.84 Å². The van der Waals surface area contributed by atoms with Crippen LogP contribution in [0.25, 0.3) is 0 Å². The molecule has 25 heavy (non-hydrogen) atoms. The fraction of sp³-hybridized carbons (Fsp3) is 0.333. The van der Waals surface area contributed by atoms with Gasteiger partial charge in [0.25, 0.3) is 0 Å². The standard InChI is InChI=1S/C18H22O6S/c1-13-11-15(23-9-7-19)3-5-17(13)25(21,22)18-6-4-16(12-14(18)2)24-10-8-20/h3-6,11-12,19-20H,7-10H2,1-2H3. The van der Waals surface area contributed by atoms with Crippen LogP contribution in [0.1, 0.15) is 11.1 Å². The fourth-order valence-corrected chi connectivity index (χ4v) is 4.17. The quantitative estimate of drug-likeness (QED) is 0.741. The highest BCUT2D eigenvalue weighted by molar-refractivity contribution is 7.91. The second kappa shape index (κ2) is 8.33. The molecule has 0 spiro atoms. The van der Waals surface area contributed by atoms with E-state index in [-0.39, 0.29) is 36.2 Å². The minimum Gasteiger partial charge on any atom is -0.491 e. The molecule has 0 aliphatic rings. The van der Waals surface area contributed by atoms with Gasteiger partial charge in [-0.1, -0.05) is 0 Å². The third-order valence-corrected chi connectivity index (χ3v) is 5.67. The van der Waals surface area contributed by atoms with Gasteiger partial charge in [-0.15, -0.1) is 0 Å². The van der Waals surface area contributed by atoms with Crippen LogP contribution in [-0.4, -0.2) is 45.1 Å². The van der Waals surface area contributed by atoms with Gasteiger partial charge in [-0.3, -0.25) is 0 Å². The van der Waals surface area contributed by atoms with E-state index in [0.717, 1.165) is 0 Å². The summed E-state index contributed by atoms with van der Waals surface area (Å²) >= 11 is 0. The van der Waals surface area contributed by atoms with Gasteiger partial charge in [0, 0.05) is 0 Å². The number of aliphatic hydroxyl groups is 2. The van der Waals surface area contributed by atoms with E-state index in [4.69, 9.17) is 19.7 Å². The first-order valence-electron chi connectivity index (χ1n) is 7.84. The van der Waals surface area contributed by atoms with Gasteiger partial charge in [0.05, 0.1) is 23.0 Å². The Balaban J connectivity index is 2.35. The molecule has 0 fully saturated rings. The lowest BCUT2D eigenvalue weighted by Crippen LogP contribution is -2.08. The van der Waals surface area contributed by atoms with E-state index in [1.165, 1.54) is 12.1 Å². The highest BCUT2D eigenvalue weighted by atomic mass is 32.2. The summed E-state index contributed by atoms with van der Waals surface area (Å²) in [4.78, 5) is 0.409. The number of sulfone groups is 1. The van der Waals surface area contributed by atoms with Crippen molar-refractivity contribution in [3.63, 3.8) is 0 Å². The Morgan fingerprint density at radius 1 is 0.800 bits per heavy atom. The van der Waals surface area contributed by atoms with E-state index in [0.29, 0.717) is 22.6 Å². The number of ether oxygens (including phenoxy) is 2. The van der Waals surface area contributed by atoms with Crippen molar-refractivity contribution in [1.82, 2.24) is 0 Å². The van der Waals surface area contributed by atoms with Crippen molar-refractivity contribution in [2.45, 2.75) is 23.6 Å². The summed E-state index contributed by atoms with van der Waals surface area (Å²) in [7, 11) is -3.68. The smallest absolute Gasteiger partial charge is 0.207 e. The summed E-state index contributed by atoms with van der Waals surface area (Å²) in [6, 6.07) is 9.43.